The van der Waals surface area contributed by atoms with E-state index in [9.17, 15) is 4.39 Å². The van der Waals surface area contributed by atoms with E-state index in [1.807, 2.05) is 6.92 Å². The number of imidazole rings is 1. The maximum absolute atomic E-state index is 13.4. The molecule has 0 saturated heterocycles. The van der Waals surface area contributed by atoms with Crippen LogP contribution in [0.5, 0.6) is 0 Å². The van der Waals surface area contributed by atoms with Crippen LogP contribution in [0.25, 0.3) is 11.0 Å². The van der Waals surface area contributed by atoms with Crippen LogP contribution in [0, 0.1) is 11.7 Å². The van der Waals surface area contributed by atoms with Crippen molar-refractivity contribution in [2.75, 3.05) is 0 Å². The highest BCUT2D eigenvalue weighted by Crippen LogP contribution is 2.34. The third kappa shape index (κ3) is 2.76. The highest BCUT2D eigenvalue weighted by atomic mass is 35.5. The fourth-order valence-electron chi connectivity index (χ4n) is 2.60. The van der Waals surface area contributed by atoms with Crippen LogP contribution in [-0.2, 0) is 6.54 Å². The molecule has 1 aliphatic carbocycles. The molecule has 0 bridgehead atoms. The van der Waals surface area contributed by atoms with Crippen LogP contribution in [0.1, 0.15) is 43.8 Å². The van der Waals surface area contributed by atoms with Gasteiger partial charge in [0.05, 0.1) is 16.4 Å². The van der Waals surface area contributed by atoms with Gasteiger partial charge in [0.1, 0.15) is 11.6 Å². The smallest absolute Gasteiger partial charge is 0.127 e. The zero-order valence-electron chi connectivity index (χ0n) is 11.1. The first-order valence-corrected chi connectivity index (χ1v) is 7.38. The number of nitrogens with zero attached hydrogens (tertiary/aromatic N) is 2. The van der Waals surface area contributed by atoms with Crippen LogP contribution >= 0.6 is 11.6 Å². The number of alkyl halides is 1. The van der Waals surface area contributed by atoms with Crippen molar-refractivity contribution in [1.82, 2.24) is 9.55 Å². The van der Waals surface area contributed by atoms with Gasteiger partial charge in [-0.3, -0.25) is 0 Å². The lowest BCUT2D eigenvalue weighted by Gasteiger charge is -2.10. The van der Waals surface area contributed by atoms with E-state index in [1.165, 1.54) is 25.3 Å². The van der Waals surface area contributed by atoms with Crippen LogP contribution in [0.15, 0.2) is 18.2 Å². The third-order valence-corrected chi connectivity index (χ3v) is 3.98. The molecule has 2 aromatic rings. The fourth-order valence-corrected chi connectivity index (χ4v) is 2.76. The SMILES string of the molecule is CC(Cl)c1nc2ccc(F)cc2n1CCCC1CC1. The van der Waals surface area contributed by atoms with Gasteiger partial charge in [-0.05, 0) is 43.9 Å². The molecule has 1 unspecified atom stereocenters. The van der Waals surface area contributed by atoms with E-state index in [4.69, 9.17) is 11.6 Å². The Morgan fingerprint density at radius 1 is 1.47 bits per heavy atom. The number of halogens is 2. The van der Waals surface area contributed by atoms with Gasteiger partial charge >= 0.3 is 0 Å². The van der Waals surface area contributed by atoms with Gasteiger partial charge in [-0.2, -0.15) is 0 Å². The summed E-state index contributed by atoms with van der Waals surface area (Å²) < 4.78 is 15.5. The molecule has 3 rings (SSSR count). The molecule has 19 heavy (non-hydrogen) atoms. The van der Waals surface area contributed by atoms with Gasteiger partial charge in [0.2, 0.25) is 0 Å². The number of hydrogen-bond donors (Lipinski definition) is 0. The van der Waals surface area contributed by atoms with Crippen LogP contribution in [0.3, 0.4) is 0 Å². The fraction of sp³-hybridized carbons (Fsp3) is 0.533. The highest BCUT2D eigenvalue weighted by Gasteiger charge is 2.21. The standard InChI is InChI=1S/C15H18ClFN2/c1-10(16)15-18-13-7-6-12(17)9-14(13)19(15)8-2-3-11-4-5-11/h6-7,9-11H,2-5,8H2,1H3. The second kappa shape index (κ2) is 5.12. The minimum atomic E-state index is -0.218. The summed E-state index contributed by atoms with van der Waals surface area (Å²) in [5.41, 5.74) is 1.69. The van der Waals surface area contributed by atoms with Crippen LogP contribution in [0.2, 0.25) is 0 Å². The van der Waals surface area contributed by atoms with Crippen LogP contribution < -0.4 is 0 Å². The van der Waals surface area contributed by atoms with Gasteiger partial charge < -0.3 is 4.57 Å². The molecule has 1 saturated carbocycles. The topological polar surface area (TPSA) is 17.8 Å². The monoisotopic (exact) mass is 280 g/mol. The molecule has 0 spiro atoms. The predicted molar refractivity (Wildman–Crippen MR) is 75.9 cm³/mol. The largest absolute Gasteiger partial charge is 0.327 e. The molecule has 1 fully saturated rings. The van der Waals surface area contributed by atoms with Gasteiger partial charge in [-0.15, -0.1) is 11.6 Å². The molecular formula is C15H18ClFN2. The van der Waals surface area contributed by atoms with Crippen LogP contribution in [0.4, 0.5) is 4.39 Å². The van der Waals surface area contributed by atoms with Crippen molar-refractivity contribution >= 4 is 22.6 Å². The molecule has 0 N–H and O–H groups in total. The molecule has 4 heteroatoms. The molecular weight excluding hydrogens is 263 g/mol. The van der Waals surface area contributed by atoms with Gasteiger partial charge in [0.15, 0.2) is 0 Å². The minimum absolute atomic E-state index is 0.156. The van der Waals surface area contributed by atoms with Crippen molar-refractivity contribution in [2.45, 2.75) is 44.5 Å². The summed E-state index contributed by atoms with van der Waals surface area (Å²) in [7, 11) is 0. The quantitative estimate of drug-likeness (QED) is 0.728. The molecule has 1 aliphatic rings. The number of fused-ring (bicyclic) bond motifs is 1. The van der Waals surface area contributed by atoms with E-state index < -0.39 is 0 Å². The first kappa shape index (κ1) is 12.9. The molecule has 2 nitrogen and oxygen atoms in total. The first-order chi connectivity index (χ1) is 9.15. The van der Waals surface area contributed by atoms with E-state index in [0.29, 0.717) is 0 Å². The van der Waals surface area contributed by atoms with E-state index in [1.54, 1.807) is 12.1 Å². The number of hydrogen-bond acceptors (Lipinski definition) is 1. The summed E-state index contributed by atoms with van der Waals surface area (Å²) in [6.07, 6.45) is 5.12. The molecule has 0 aliphatic heterocycles. The maximum Gasteiger partial charge on any atom is 0.127 e. The number of benzene rings is 1. The molecule has 0 amide bonds. The molecule has 1 atom stereocenters. The zero-order valence-corrected chi connectivity index (χ0v) is 11.8. The van der Waals surface area contributed by atoms with Gasteiger partial charge in [-0.1, -0.05) is 12.8 Å². The molecule has 102 valence electrons. The summed E-state index contributed by atoms with van der Waals surface area (Å²) in [5.74, 6) is 1.55. The average Bonchev–Trinajstić information content (AvgIpc) is 3.11. The minimum Gasteiger partial charge on any atom is -0.327 e. The summed E-state index contributed by atoms with van der Waals surface area (Å²) in [6.45, 7) is 2.79. The van der Waals surface area contributed by atoms with Crippen molar-refractivity contribution < 1.29 is 4.39 Å². The van der Waals surface area contributed by atoms with Crippen molar-refractivity contribution in [3.05, 3.63) is 29.8 Å². The Bertz CT molecular complexity index is 587. The number of rotatable bonds is 5. The molecule has 1 heterocycles. The molecule has 1 aromatic heterocycles. The second-order valence-electron chi connectivity index (χ2n) is 5.46. The second-order valence-corrected chi connectivity index (χ2v) is 6.11. The lowest BCUT2D eigenvalue weighted by molar-refractivity contribution is 0.568. The maximum atomic E-state index is 13.4. The van der Waals surface area contributed by atoms with Gasteiger partial charge in [0, 0.05) is 6.54 Å². The summed E-state index contributed by atoms with van der Waals surface area (Å²) >= 11 is 6.20. The van der Waals surface area contributed by atoms with Crippen molar-refractivity contribution in [2.24, 2.45) is 5.92 Å². The first-order valence-electron chi connectivity index (χ1n) is 6.95. The summed E-state index contributed by atoms with van der Waals surface area (Å²) in [4.78, 5) is 4.53. The summed E-state index contributed by atoms with van der Waals surface area (Å²) in [6, 6.07) is 4.74. The van der Waals surface area contributed by atoms with E-state index in [0.717, 1.165) is 35.7 Å². The molecule has 1 aromatic carbocycles. The van der Waals surface area contributed by atoms with Crippen molar-refractivity contribution in [3.63, 3.8) is 0 Å². The van der Waals surface area contributed by atoms with Gasteiger partial charge in [-0.25, -0.2) is 9.37 Å². The Morgan fingerprint density at radius 3 is 2.95 bits per heavy atom. The number of aromatic nitrogens is 2. The van der Waals surface area contributed by atoms with Crippen molar-refractivity contribution in [1.29, 1.82) is 0 Å². The lowest BCUT2D eigenvalue weighted by atomic mass is 10.2. The summed E-state index contributed by atoms with van der Waals surface area (Å²) in [5, 5.41) is -0.156. The Morgan fingerprint density at radius 2 is 2.26 bits per heavy atom. The van der Waals surface area contributed by atoms with Crippen LogP contribution in [-0.4, -0.2) is 9.55 Å². The van der Waals surface area contributed by atoms with E-state index in [-0.39, 0.29) is 11.2 Å². The third-order valence-electron chi connectivity index (χ3n) is 3.79. The zero-order chi connectivity index (χ0) is 13.4. The van der Waals surface area contributed by atoms with E-state index in [2.05, 4.69) is 9.55 Å². The normalized spacial score (nSPS) is 17.0. The molecule has 0 radical (unpaired) electrons. The predicted octanol–water partition coefficient (Wildman–Crippen LogP) is 4.67. The van der Waals surface area contributed by atoms with Gasteiger partial charge in [0.25, 0.3) is 0 Å². The Kier molecular flexibility index (Phi) is 3.48. The van der Waals surface area contributed by atoms with E-state index >= 15 is 0 Å². The average molecular weight is 281 g/mol. The van der Waals surface area contributed by atoms with Crippen molar-refractivity contribution in [3.8, 4) is 0 Å². The highest BCUT2D eigenvalue weighted by molar-refractivity contribution is 6.20. The lowest BCUT2D eigenvalue weighted by Crippen LogP contribution is -2.05. The Balaban J connectivity index is 1.91. The Hall–Kier alpha value is -1.09. The Labute approximate surface area is 117 Å². The number of aryl methyl sites for hydroxylation is 1.